The fourth-order valence-electron chi connectivity index (χ4n) is 0.280. The van der Waals surface area contributed by atoms with Gasteiger partial charge in [0.15, 0.2) is 5.90 Å². The summed E-state index contributed by atoms with van der Waals surface area (Å²) in [4.78, 5) is 16.1. The Morgan fingerprint density at radius 2 is 1.55 bits per heavy atom. The molecule has 0 bridgehead atoms. The van der Waals surface area contributed by atoms with Crippen molar-refractivity contribution in [2.75, 3.05) is 5.90 Å². The molecule has 0 aromatic carbocycles. The van der Waals surface area contributed by atoms with Gasteiger partial charge in [-0.2, -0.15) is 0 Å². The summed E-state index contributed by atoms with van der Waals surface area (Å²) in [5, 5.41) is 0. The lowest BCUT2D eigenvalue weighted by molar-refractivity contribution is -0.0863. The average Bonchev–Trinajstić information content (AvgIpc) is 1.84. The highest BCUT2D eigenvalue weighted by Gasteiger charge is 2.36. The lowest BCUT2D eigenvalue weighted by Gasteiger charge is -2.06. The quantitative estimate of drug-likeness (QED) is 0.678. The van der Waals surface area contributed by atoms with Gasteiger partial charge in [-0.1, -0.05) is 0 Å². The van der Waals surface area contributed by atoms with E-state index in [4.69, 9.17) is 9.79 Å². The summed E-state index contributed by atoms with van der Waals surface area (Å²) in [5.41, 5.74) is 0. The molecular formula is CH4F2O6P2. The van der Waals surface area contributed by atoms with E-state index in [-0.39, 0.29) is 0 Å². The van der Waals surface area contributed by atoms with E-state index in [0.717, 1.165) is 0 Å². The van der Waals surface area contributed by atoms with Crippen LogP contribution in [0.2, 0.25) is 0 Å². The molecule has 68 valence electrons. The molecule has 0 heterocycles. The topological polar surface area (TPSA) is 93.1 Å². The lowest BCUT2D eigenvalue weighted by atomic mass is 11.9. The standard InChI is InChI=1S/CH4F2O6P2/c2-8-11(7,9-3)1-10(4,5)6/h1H2,(H2,4,5,6). The summed E-state index contributed by atoms with van der Waals surface area (Å²) in [7, 11) is -9.71. The molecule has 0 radical (unpaired) electrons. The predicted octanol–water partition coefficient (Wildman–Crippen LogP) is 1.12. The van der Waals surface area contributed by atoms with Gasteiger partial charge >= 0.3 is 15.2 Å². The van der Waals surface area contributed by atoms with Crippen LogP contribution in [-0.4, -0.2) is 15.7 Å². The molecule has 0 unspecified atom stereocenters. The normalized spacial score (nSPS) is 13.5. The van der Waals surface area contributed by atoms with Crippen molar-refractivity contribution >= 4 is 15.2 Å². The summed E-state index contributed by atoms with van der Waals surface area (Å²) >= 11 is 0. The van der Waals surface area contributed by atoms with Gasteiger partial charge in [-0.05, 0) is 9.05 Å². The Morgan fingerprint density at radius 3 is 1.64 bits per heavy atom. The van der Waals surface area contributed by atoms with E-state index >= 15 is 0 Å². The maximum absolute atomic E-state index is 11.1. The van der Waals surface area contributed by atoms with E-state index in [1.165, 1.54) is 0 Å². The molecule has 11 heavy (non-hydrogen) atoms. The first-order valence-electron chi connectivity index (χ1n) is 2.07. The zero-order valence-electron chi connectivity index (χ0n) is 4.88. The summed E-state index contributed by atoms with van der Waals surface area (Å²) in [6.07, 6.45) is 0. The molecular weight excluding hydrogens is 208 g/mol. The van der Waals surface area contributed by atoms with Gasteiger partial charge < -0.3 is 9.79 Å². The van der Waals surface area contributed by atoms with Crippen LogP contribution in [0.3, 0.4) is 0 Å². The van der Waals surface area contributed by atoms with Crippen LogP contribution in [0.1, 0.15) is 0 Å². The van der Waals surface area contributed by atoms with E-state index < -0.39 is 21.1 Å². The fourth-order valence-corrected chi connectivity index (χ4v) is 2.46. The van der Waals surface area contributed by atoms with Crippen LogP contribution in [0, 0.1) is 0 Å². The summed E-state index contributed by atoms with van der Waals surface area (Å²) in [5.74, 6) is -1.63. The molecule has 0 aliphatic heterocycles. The molecule has 0 aromatic heterocycles. The fraction of sp³-hybridized carbons (Fsp3) is 1.00. The smallest absolute Gasteiger partial charge is 0.324 e. The van der Waals surface area contributed by atoms with Crippen LogP contribution in [-0.2, 0) is 18.6 Å². The highest BCUT2D eigenvalue weighted by atomic mass is 31.2. The molecule has 0 rings (SSSR count). The minimum atomic E-state index is -4.90. The van der Waals surface area contributed by atoms with Gasteiger partial charge in [0, 0.05) is 0 Å². The minimum Gasteiger partial charge on any atom is -0.324 e. The van der Waals surface area contributed by atoms with Crippen LogP contribution in [0.5, 0.6) is 0 Å². The third kappa shape index (κ3) is 4.58. The van der Waals surface area contributed by atoms with Crippen molar-refractivity contribution in [2.24, 2.45) is 0 Å². The van der Waals surface area contributed by atoms with Crippen LogP contribution >= 0.6 is 15.2 Å². The van der Waals surface area contributed by atoms with Gasteiger partial charge in [0.25, 0.3) is 0 Å². The molecule has 0 saturated heterocycles. The van der Waals surface area contributed by atoms with Crippen LogP contribution < -0.4 is 0 Å². The summed E-state index contributed by atoms with van der Waals surface area (Å²) < 4.78 is 47.3. The van der Waals surface area contributed by atoms with Gasteiger partial charge in [-0.25, -0.2) is 0 Å². The first-order chi connectivity index (χ1) is 4.83. The summed E-state index contributed by atoms with van der Waals surface area (Å²) in [6, 6.07) is 0. The van der Waals surface area contributed by atoms with Crippen molar-refractivity contribution in [3.05, 3.63) is 0 Å². The van der Waals surface area contributed by atoms with Gasteiger partial charge in [0.1, 0.15) is 0 Å². The molecule has 0 aromatic rings. The zero-order valence-corrected chi connectivity index (χ0v) is 6.67. The van der Waals surface area contributed by atoms with Crippen molar-refractivity contribution < 1.29 is 37.4 Å². The van der Waals surface area contributed by atoms with Gasteiger partial charge in [-0.15, -0.1) is 9.46 Å². The Balaban J connectivity index is 4.34. The molecule has 6 nitrogen and oxygen atoms in total. The van der Waals surface area contributed by atoms with E-state index in [2.05, 4.69) is 9.46 Å². The highest BCUT2D eigenvalue weighted by Crippen LogP contribution is 2.59. The molecule has 0 amide bonds. The molecule has 0 aliphatic rings. The van der Waals surface area contributed by atoms with Gasteiger partial charge in [-0.3, -0.25) is 9.13 Å². The Labute approximate surface area is 59.6 Å². The van der Waals surface area contributed by atoms with Crippen molar-refractivity contribution in [2.45, 2.75) is 0 Å². The molecule has 0 saturated carbocycles. The largest absolute Gasteiger partial charge is 0.406 e. The maximum Gasteiger partial charge on any atom is 0.406 e. The van der Waals surface area contributed by atoms with Crippen molar-refractivity contribution in [1.29, 1.82) is 0 Å². The van der Waals surface area contributed by atoms with Crippen molar-refractivity contribution in [3.63, 3.8) is 0 Å². The second kappa shape index (κ2) is 3.71. The SMILES string of the molecule is O=P(O)(O)CP(=O)(OF)OF. The first kappa shape index (κ1) is 11.2. The van der Waals surface area contributed by atoms with Crippen LogP contribution in [0.4, 0.5) is 9.05 Å². The van der Waals surface area contributed by atoms with Gasteiger partial charge in [0.05, 0.1) is 0 Å². The molecule has 0 spiro atoms. The van der Waals surface area contributed by atoms with E-state index in [1.807, 2.05) is 0 Å². The van der Waals surface area contributed by atoms with Gasteiger partial charge in [0.2, 0.25) is 0 Å². The predicted molar refractivity (Wildman–Crippen MR) is 28.9 cm³/mol. The molecule has 0 aliphatic carbocycles. The Hall–Kier alpha value is 0.160. The molecule has 10 heteroatoms. The van der Waals surface area contributed by atoms with E-state index in [1.54, 1.807) is 0 Å². The van der Waals surface area contributed by atoms with E-state index in [0.29, 0.717) is 0 Å². The molecule has 0 fully saturated rings. The third-order valence-corrected chi connectivity index (χ3v) is 3.85. The second-order valence-corrected chi connectivity index (χ2v) is 5.51. The Bertz CT molecular complexity index is 201. The minimum absolute atomic E-state index is 1.63. The average molecular weight is 212 g/mol. The maximum atomic E-state index is 11.1. The van der Waals surface area contributed by atoms with Crippen molar-refractivity contribution in [1.82, 2.24) is 0 Å². The van der Waals surface area contributed by atoms with Crippen molar-refractivity contribution in [3.8, 4) is 0 Å². The second-order valence-electron chi connectivity index (χ2n) is 1.56. The summed E-state index contributed by atoms with van der Waals surface area (Å²) in [6.45, 7) is 0. The van der Waals surface area contributed by atoms with Crippen LogP contribution in [0.15, 0.2) is 0 Å². The number of rotatable bonds is 4. The Morgan fingerprint density at radius 1 is 1.18 bits per heavy atom. The monoisotopic (exact) mass is 212 g/mol. The zero-order chi connectivity index (χ0) is 9.12. The number of hydrogen-bond donors (Lipinski definition) is 2. The first-order valence-corrected chi connectivity index (χ1v) is 5.60. The number of hydrogen-bond acceptors (Lipinski definition) is 4. The molecule has 2 N–H and O–H groups in total. The number of halogens is 2. The Kier molecular flexibility index (Phi) is 3.76. The van der Waals surface area contributed by atoms with E-state index in [9.17, 15) is 18.2 Å². The lowest BCUT2D eigenvalue weighted by Crippen LogP contribution is -1.91. The highest BCUT2D eigenvalue weighted by molar-refractivity contribution is 7.70. The van der Waals surface area contributed by atoms with Crippen LogP contribution in [0.25, 0.3) is 0 Å². The molecule has 0 atom stereocenters. The third-order valence-electron chi connectivity index (χ3n) is 0.568.